The second kappa shape index (κ2) is 8.11. The average molecular weight is 313 g/mol. The minimum absolute atomic E-state index is 0.0571. The van der Waals surface area contributed by atoms with E-state index in [2.05, 4.69) is 23.5 Å². The summed E-state index contributed by atoms with van der Waals surface area (Å²) < 4.78 is 26.8. The van der Waals surface area contributed by atoms with Crippen molar-refractivity contribution in [2.45, 2.75) is 25.2 Å². The van der Waals surface area contributed by atoms with Crippen LogP contribution in [0.4, 0.5) is 0 Å². The zero-order valence-electron chi connectivity index (χ0n) is 12.5. The van der Waals surface area contributed by atoms with Crippen molar-refractivity contribution < 1.29 is 13.2 Å². The van der Waals surface area contributed by atoms with Crippen molar-refractivity contribution in [1.29, 1.82) is 0 Å². The van der Waals surface area contributed by atoms with Gasteiger partial charge in [0.25, 0.3) is 0 Å². The van der Waals surface area contributed by atoms with Crippen LogP contribution in [0.1, 0.15) is 30.6 Å². The van der Waals surface area contributed by atoms with Crippen molar-refractivity contribution in [3.63, 3.8) is 0 Å². The number of hydrogen-bond acceptors (Lipinski definition) is 4. The highest BCUT2D eigenvalue weighted by atomic mass is 32.2. The van der Waals surface area contributed by atoms with Gasteiger partial charge in [0.2, 0.25) is 15.9 Å². The van der Waals surface area contributed by atoms with Gasteiger partial charge in [0.05, 0.1) is 4.90 Å². The van der Waals surface area contributed by atoms with E-state index in [0.717, 1.165) is 26.1 Å². The van der Waals surface area contributed by atoms with Crippen LogP contribution in [-0.2, 0) is 10.0 Å². The van der Waals surface area contributed by atoms with E-state index in [9.17, 15) is 13.2 Å². The average Bonchev–Trinajstić information content (AvgIpc) is 2.47. The molecule has 1 rings (SSSR count). The molecule has 0 bridgehead atoms. The van der Waals surface area contributed by atoms with E-state index in [-0.39, 0.29) is 10.5 Å². The van der Waals surface area contributed by atoms with Crippen LogP contribution in [-0.4, -0.2) is 45.4 Å². The summed E-state index contributed by atoms with van der Waals surface area (Å²) in [7, 11) is -3.60. The lowest BCUT2D eigenvalue weighted by atomic mass is 10.2. The number of rotatable bonds is 9. The third kappa shape index (κ3) is 5.45. The molecule has 0 aromatic heterocycles. The molecule has 0 aliphatic rings. The number of nitrogens with one attached hydrogen (secondary N) is 1. The molecule has 0 spiro atoms. The number of carbonyl (C=O) groups excluding carboxylic acids is 1. The van der Waals surface area contributed by atoms with E-state index in [1.165, 1.54) is 24.3 Å². The summed E-state index contributed by atoms with van der Waals surface area (Å²) in [6, 6.07) is 5.72. The lowest BCUT2D eigenvalue weighted by molar-refractivity contribution is 0.1000. The second-order valence-electron chi connectivity index (χ2n) is 4.67. The Balaban J connectivity index is 2.61. The molecule has 0 radical (unpaired) electrons. The normalized spacial score (nSPS) is 11.8. The number of sulfonamides is 1. The summed E-state index contributed by atoms with van der Waals surface area (Å²) in [6.07, 6.45) is 0.733. The summed E-state index contributed by atoms with van der Waals surface area (Å²) in [5.41, 5.74) is 5.33. The number of carbonyl (C=O) groups is 1. The Hall–Kier alpha value is -1.44. The van der Waals surface area contributed by atoms with Crippen molar-refractivity contribution in [2.24, 2.45) is 5.73 Å². The first-order valence-electron chi connectivity index (χ1n) is 7.02. The molecule has 0 aliphatic carbocycles. The molecule has 0 atom stereocenters. The Morgan fingerprint density at radius 2 is 1.95 bits per heavy atom. The quantitative estimate of drug-likeness (QED) is 0.659. The Morgan fingerprint density at radius 1 is 1.29 bits per heavy atom. The fraction of sp³-hybridized carbons (Fsp3) is 0.500. The van der Waals surface area contributed by atoms with Crippen molar-refractivity contribution in [3.05, 3.63) is 29.8 Å². The van der Waals surface area contributed by atoms with Gasteiger partial charge in [-0.2, -0.15) is 0 Å². The zero-order chi connectivity index (χ0) is 15.9. The minimum atomic E-state index is -3.60. The first-order chi connectivity index (χ1) is 9.90. The Bertz CT molecular complexity index is 569. The van der Waals surface area contributed by atoms with Crippen molar-refractivity contribution >= 4 is 15.9 Å². The number of amides is 1. The molecule has 1 aromatic rings. The van der Waals surface area contributed by atoms with Gasteiger partial charge in [-0.3, -0.25) is 4.79 Å². The number of nitrogens with zero attached hydrogens (tertiary/aromatic N) is 1. The zero-order valence-corrected chi connectivity index (χ0v) is 13.3. The van der Waals surface area contributed by atoms with Crippen LogP contribution >= 0.6 is 0 Å². The van der Waals surface area contributed by atoms with Crippen molar-refractivity contribution in [1.82, 2.24) is 9.62 Å². The number of hydrogen-bond donors (Lipinski definition) is 2. The SMILES string of the molecule is CCN(CC)CCCNS(=O)(=O)c1cccc(C(N)=O)c1. The third-order valence-corrected chi connectivity index (χ3v) is 4.73. The number of nitrogens with two attached hydrogens (primary N) is 1. The molecular weight excluding hydrogens is 290 g/mol. The summed E-state index contributed by atoms with van der Waals surface area (Å²) in [5.74, 6) is -0.645. The highest BCUT2D eigenvalue weighted by Crippen LogP contribution is 2.11. The third-order valence-electron chi connectivity index (χ3n) is 3.27. The maximum absolute atomic E-state index is 12.1. The van der Waals surface area contributed by atoms with Crippen LogP contribution in [0.15, 0.2) is 29.2 Å². The van der Waals surface area contributed by atoms with Gasteiger partial charge >= 0.3 is 0 Å². The van der Waals surface area contributed by atoms with Gasteiger partial charge in [0.1, 0.15) is 0 Å². The maximum atomic E-state index is 12.1. The van der Waals surface area contributed by atoms with E-state index >= 15 is 0 Å². The summed E-state index contributed by atoms with van der Waals surface area (Å²) in [6.45, 7) is 7.25. The predicted molar refractivity (Wildman–Crippen MR) is 82.6 cm³/mol. The van der Waals surface area contributed by atoms with Crippen molar-refractivity contribution in [3.8, 4) is 0 Å². The van der Waals surface area contributed by atoms with Crippen molar-refractivity contribution in [2.75, 3.05) is 26.2 Å². The minimum Gasteiger partial charge on any atom is -0.366 e. The highest BCUT2D eigenvalue weighted by Gasteiger charge is 2.15. The summed E-state index contributed by atoms with van der Waals surface area (Å²) >= 11 is 0. The maximum Gasteiger partial charge on any atom is 0.248 e. The van der Waals surface area contributed by atoms with Gasteiger partial charge in [-0.15, -0.1) is 0 Å². The Morgan fingerprint density at radius 3 is 2.52 bits per heavy atom. The number of primary amides is 1. The largest absolute Gasteiger partial charge is 0.366 e. The fourth-order valence-electron chi connectivity index (χ4n) is 1.95. The van der Waals surface area contributed by atoms with E-state index < -0.39 is 15.9 Å². The van der Waals surface area contributed by atoms with Crippen LogP contribution in [0.2, 0.25) is 0 Å². The van der Waals surface area contributed by atoms with Crippen LogP contribution in [0.5, 0.6) is 0 Å². The van der Waals surface area contributed by atoms with E-state index in [0.29, 0.717) is 6.54 Å². The molecule has 0 saturated heterocycles. The molecule has 1 aromatic carbocycles. The lowest BCUT2D eigenvalue weighted by Gasteiger charge is -2.17. The van der Waals surface area contributed by atoms with Gasteiger partial charge in [-0.05, 0) is 44.3 Å². The topological polar surface area (TPSA) is 92.5 Å². The van der Waals surface area contributed by atoms with Crippen LogP contribution in [0.3, 0.4) is 0 Å². The molecule has 0 unspecified atom stereocenters. The molecule has 118 valence electrons. The lowest BCUT2D eigenvalue weighted by Crippen LogP contribution is -2.30. The summed E-state index contributed by atoms with van der Waals surface area (Å²) in [5, 5.41) is 0. The van der Waals surface area contributed by atoms with Gasteiger partial charge in [-0.1, -0.05) is 19.9 Å². The molecule has 0 saturated carbocycles. The first-order valence-corrected chi connectivity index (χ1v) is 8.51. The van der Waals surface area contributed by atoms with Gasteiger partial charge in [0.15, 0.2) is 0 Å². The molecule has 0 aliphatic heterocycles. The first kappa shape index (κ1) is 17.6. The molecule has 21 heavy (non-hydrogen) atoms. The highest BCUT2D eigenvalue weighted by molar-refractivity contribution is 7.89. The van der Waals surface area contributed by atoms with Gasteiger partial charge < -0.3 is 10.6 Å². The van der Waals surface area contributed by atoms with Crippen LogP contribution in [0.25, 0.3) is 0 Å². The predicted octanol–water partition coefficient (Wildman–Crippen LogP) is 0.796. The Labute approximate surface area is 126 Å². The van der Waals surface area contributed by atoms with Gasteiger partial charge in [0, 0.05) is 12.1 Å². The molecule has 1 amide bonds. The fourth-order valence-corrected chi connectivity index (χ4v) is 3.07. The smallest absolute Gasteiger partial charge is 0.248 e. The molecule has 0 fully saturated rings. The molecular formula is C14H23N3O3S. The van der Waals surface area contributed by atoms with Crippen LogP contribution in [0, 0.1) is 0 Å². The number of benzene rings is 1. The molecule has 6 nitrogen and oxygen atoms in total. The second-order valence-corrected chi connectivity index (χ2v) is 6.44. The Kier molecular flexibility index (Phi) is 6.80. The van der Waals surface area contributed by atoms with E-state index in [1.54, 1.807) is 0 Å². The van der Waals surface area contributed by atoms with Gasteiger partial charge in [-0.25, -0.2) is 13.1 Å². The molecule has 0 heterocycles. The summed E-state index contributed by atoms with van der Waals surface area (Å²) in [4.78, 5) is 13.4. The van der Waals surface area contributed by atoms with Crippen LogP contribution < -0.4 is 10.5 Å². The standard InChI is InChI=1S/C14H23N3O3S/c1-3-17(4-2)10-6-9-16-21(19,20)13-8-5-7-12(11-13)14(15)18/h5,7-8,11,16H,3-4,6,9-10H2,1-2H3,(H2,15,18). The van der Waals surface area contributed by atoms with E-state index in [4.69, 9.17) is 5.73 Å². The van der Waals surface area contributed by atoms with E-state index in [1.807, 2.05) is 0 Å². The molecule has 7 heteroatoms. The molecule has 3 N–H and O–H groups in total. The monoisotopic (exact) mass is 313 g/mol.